The maximum Gasteiger partial charge on any atom is 0.318 e. The van der Waals surface area contributed by atoms with Crippen molar-refractivity contribution in [3.63, 3.8) is 0 Å². The molecule has 2 N–H and O–H groups in total. The predicted molar refractivity (Wildman–Crippen MR) is 114 cm³/mol. The van der Waals surface area contributed by atoms with Gasteiger partial charge >= 0.3 is 6.03 Å². The Morgan fingerprint density at radius 1 is 1.15 bits per heavy atom. The molecular weight excluding hydrogens is 404 g/mol. The highest BCUT2D eigenvalue weighted by Gasteiger charge is 2.31. The molecule has 1 aliphatic heterocycles. The van der Waals surface area contributed by atoms with Gasteiger partial charge < -0.3 is 15.3 Å². The zero-order valence-electron chi connectivity index (χ0n) is 16.2. The molecule has 2 atom stereocenters. The summed E-state index contributed by atoms with van der Waals surface area (Å²) in [6.45, 7) is 6.30. The lowest BCUT2D eigenvalue weighted by atomic mass is 9.95. The van der Waals surface area contributed by atoms with Gasteiger partial charge in [-0.05, 0) is 51.3 Å². The predicted octanol–water partition coefficient (Wildman–Crippen LogP) is 5.14. The third-order valence-corrected chi connectivity index (χ3v) is 5.07. The van der Waals surface area contributed by atoms with E-state index in [1.807, 2.05) is 72.5 Å². The molecule has 0 aromatic heterocycles. The number of carbonyl (C=O) groups is 1. The van der Waals surface area contributed by atoms with E-state index in [9.17, 15) is 9.90 Å². The van der Waals surface area contributed by atoms with E-state index in [2.05, 4.69) is 21.2 Å². The summed E-state index contributed by atoms with van der Waals surface area (Å²) in [5.41, 5.74) is 0.367. The summed E-state index contributed by atoms with van der Waals surface area (Å²) in [6, 6.07) is 20.1. The molecule has 2 amide bonds. The van der Waals surface area contributed by atoms with Crippen LogP contribution >= 0.6 is 15.9 Å². The van der Waals surface area contributed by atoms with Crippen molar-refractivity contribution in [1.82, 2.24) is 10.2 Å². The van der Waals surface area contributed by atoms with Gasteiger partial charge in [-0.15, -0.1) is 0 Å². The molecule has 1 fully saturated rings. The van der Waals surface area contributed by atoms with Crippen LogP contribution in [0, 0.1) is 0 Å². The minimum absolute atomic E-state index is 0.0428. The van der Waals surface area contributed by atoms with Crippen LogP contribution in [-0.2, 0) is 0 Å². The van der Waals surface area contributed by atoms with Crippen molar-refractivity contribution < 1.29 is 9.90 Å². The van der Waals surface area contributed by atoms with E-state index in [4.69, 9.17) is 0 Å². The Morgan fingerprint density at radius 3 is 2.11 bits per heavy atom. The van der Waals surface area contributed by atoms with Gasteiger partial charge in [-0.1, -0.05) is 64.5 Å². The monoisotopic (exact) mass is 432 g/mol. The van der Waals surface area contributed by atoms with Crippen LogP contribution in [-0.4, -0.2) is 34.2 Å². The summed E-state index contributed by atoms with van der Waals surface area (Å²) in [5, 5.41) is 12.9. The van der Waals surface area contributed by atoms with Crippen molar-refractivity contribution >= 4 is 22.0 Å². The SMILES string of the molecule is CC(c1ccc(Br)cc1)N1CCC(CC(C)(C)O)NC1=O.c1ccccc1. The number of aliphatic hydroxyl groups is 1. The minimum atomic E-state index is -0.753. The Hall–Kier alpha value is -1.85. The van der Waals surface area contributed by atoms with Crippen LogP contribution in [0.3, 0.4) is 0 Å². The van der Waals surface area contributed by atoms with E-state index in [-0.39, 0.29) is 18.1 Å². The van der Waals surface area contributed by atoms with Crippen LogP contribution in [0.2, 0.25) is 0 Å². The quantitative estimate of drug-likeness (QED) is 0.702. The van der Waals surface area contributed by atoms with Crippen LogP contribution < -0.4 is 5.32 Å². The van der Waals surface area contributed by atoms with Crippen molar-refractivity contribution in [1.29, 1.82) is 0 Å². The highest BCUT2D eigenvalue weighted by Crippen LogP contribution is 2.26. The smallest absolute Gasteiger partial charge is 0.318 e. The molecule has 2 unspecified atom stereocenters. The lowest BCUT2D eigenvalue weighted by Gasteiger charge is -2.38. The van der Waals surface area contributed by atoms with E-state index in [0.717, 1.165) is 16.5 Å². The fourth-order valence-electron chi connectivity index (χ4n) is 3.16. The van der Waals surface area contributed by atoms with Gasteiger partial charge in [0.2, 0.25) is 0 Å². The number of rotatable bonds is 4. The summed E-state index contributed by atoms with van der Waals surface area (Å²) in [4.78, 5) is 14.1. The van der Waals surface area contributed by atoms with Gasteiger partial charge in [-0.25, -0.2) is 4.79 Å². The molecule has 1 saturated heterocycles. The lowest BCUT2D eigenvalue weighted by molar-refractivity contribution is 0.0520. The number of hydrogen-bond acceptors (Lipinski definition) is 2. The molecule has 146 valence electrons. The number of urea groups is 1. The van der Waals surface area contributed by atoms with Crippen molar-refractivity contribution in [2.24, 2.45) is 0 Å². The highest BCUT2D eigenvalue weighted by atomic mass is 79.9. The molecule has 1 aliphatic rings. The number of nitrogens with one attached hydrogen (secondary N) is 1. The van der Waals surface area contributed by atoms with Gasteiger partial charge in [-0.2, -0.15) is 0 Å². The van der Waals surface area contributed by atoms with Crippen molar-refractivity contribution in [3.8, 4) is 0 Å². The average Bonchev–Trinajstić information content (AvgIpc) is 2.62. The van der Waals surface area contributed by atoms with Crippen LogP contribution in [0.4, 0.5) is 4.79 Å². The molecule has 3 rings (SSSR count). The highest BCUT2D eigenvalue weighted by molar-refractivity contribution is 9.10. The Kier molecular flexibility index (Phi) is 7.87. The molecule has 2 aromatic carbocycles. The van der Waals surface area contributed by atoms with E-state index in [1.165, 1.54) is 0 Å². The molecule has 4 nitrogen and oxygen atoms in total. The van der Waals surface area contributed by atoms with Gasteiger partial charge in [0.05, 0.1) is 11.6 Å². The largest absolute Gasteiger partial charge is 0.390 e. The molecule has 2 aromatic rings. The Morgan fingerprint density at radius 2 is 1.67 bits per heavy atom. The first kappa shape index (κ1) is 21.5. The minimum Gasteiger partial charge on any atom is -0.390 e. The number of benzene rings is 2. The van der Waals surface area contributed by atoms with E-state index in [1.54, 1.807) is 13.8 Å². The van der Waals surface area contributed by atoms with E-state index < -0.39 is 5.60 Å². The molecule has 27 heavy (non-hydrogen) atoms. The molecule has 5 heteroatoms. The molecule has 0 radical (unpaired) electrons. The van der Waals surface area contributed by atoms with Crippen molar-refractivity contribution in [2.75, 3.05) is 6.54 Å². The van der Waals surface area contributed by atoms with E-state index in [0.29, 0.717) is 13.0 Å². The summed E-state index contributed by atoms with van der Waals surface area (Å²) in [7, 11) is 0. The second-order valence-electron chi connectivity index (χ2n) is 7.53. The number of nitrogens with zero attached hydrogens (tertiary/aromatic N) is 1. The second-order valence-corrected chi connectivity index (χ2v) is 8.44. The van der Waals surface area contributed by atoms with Crippen molar-refractivity contribution in [3.05, 3.63) is 70.7 Å². The third-order valence-electron chi connectivity index (χ3n) is 4.54. The Labute approximate surface area is 170 Å². The summed E-state index contributed by atoms with van der Waals surface area (Å²) < 4.78 is 1.03. The van der Waals surface area contributed by atoms with Crippen LogP contribution in [0.1, 0.15) is 45.2 Å². The molecule has 0 bridgehead atoms. The average molecular weight is 433 g/mol. The fraction of sp³-hybridized carbons (Fsp3) is 0.409. The lowest BCUT2D eigenvalue weighted by Crippen LogP contribution is -2.53. The molecule has 0 spiro atoms. The zero-order valence-corrected chi connectivity index (χ0v) is 17.8. The van der Waals surface area contributed by atoms with Gasteiger partial charge in [0, 0.05) is 17.1 Å². The van der Waals surface area contributed by atoms with Crippen LogP contribution in [0.5, 0.6) is 0 Å². The Bertz CT molecular complexity index is 672. The van der Waals surface area contributed by atoms with E-state index >= 15 is 0 Å². The maximum atomic E-state index is 12.3. The fourth-order valence-corrected chi connectivity index (χ4v) is 3.42. The van der Waals surface area contributed by atoms with Crippen LogP contribution in [0.15, 0.2) is 65.1 Å². The molecular formula is C22H29BrN2O2. The number of carbonyl (C=O) groups excluding carboxylic acids is 1. The van der Waals surface area contributed by atoms with Crippen LogP contribution in [0.25, 0.3) is 0 Å². The first-order chi connectivity index (χ1) is 12.8. The zero-order chi connectivity index (χ0) is 19.9. The normalized spacial score (nSPS) is 18.2. The first-order valence-electron chi connectivity index (χ1n) is 9.31. The summed E-state index contributed by atoms with van der Waals surface area (Å²) in [6.07, 6.45) is 1.44. The first-order valence-corrected chi connectivity index (χ1v) is 10.1. The summed E-state index contributed by atoms with van der Waals surface area (Å²) >= 11 is 3.42. The third kappa shape index (κ3) is 7.35. The summed E-state index contributed by atoms with van der Waals surface area (Å²) in [5.74, 6) is 0. The van der Waals surface area contributed by atoms with Gasteiger partial charge in [0.25, 0.3) is 0 Å². The standard InChI is InChI=1S/C16H23BrN2O2.C6H6/c1-11(12-4-6-13(17)7-5-12)19-9-8-14(18-15(19)20)10-16(2,3)21;1-2-4-6-5-3-1/h4-7,11,14,21H,8-10H2,1-3H3,(H,18,20);1-6H. The van der Waals surface area contributed by atoms with Gasteiger partial charge in [-0.3, -0.25) is 0 Å². The van der Waals surface area contributed by atoms with Crippen molar-refractivity contribution in [2.45, 2.75) is 51.3 Å². The maximum absolute atomic E-state index is 12.3. The second kappa shape index (κ2) is 9.90. The molecule has 0 saturated carbocycles. The molecule has 1 heterocycles. The topological polar surface area (TPSA) is 52.6 Å². The number of amides is 2. The number of hydrogen-bond donors (Lipinski definition) is 2. The molecule has 0 aliphatic carbocycles. The number of halogens is 1. The Balaban J connectivity index is 0.000000369. The van der Waals surface area contributed by atoms with Gasteiger partial charge in [0.1, 0.15) is 0 Å². The van der Waals surface area contributed by atoms with Gasteiger partial charge in [0.15, 0.2) is 0 Å².